The topological polar surface area (TPSA) is 21.3 Å². The average molecular weight is 243 g/mol. The van der Waals surface area contributed by atoms with Crippen molar-refractivity contribution in [2.75, 3.05) is 7.11 Å². The molecule has 0 saturated heterocycles. The maximum Gasteiger partial charge on any atom is 0.126 e. The normalized spacial score (nSPS) is 12.6. The maximum atomic E-state index is 5.41. The van der Waals surface area contributed by atoms with Gasteiger partial charge in [0.2, 0.25) is 0 Å². The van der Waals surface area contributed by atoms with Gasteiger partial charge < -0.3 is 10.1 Å². The first-order chi connectivity index (χ1) is 8.76. The highest BCUT2D eigenvalue weighted by atomic mass is 16.5. The highest BCUT2D eigenvalue weighted by molar-refractivity contribution is 5.91. The van der Waals surface area contributed by atoms with E-state index in [2.05, 4.69) is 55.6 Å². The van der Waals surface area contributed by atoms with E-state index in [9.17, 15) is 0 Å². The summed E-state index contributed by atoms with van der Waals surface area (Å²) in [7, 11) is 1.72. The van der Waals surface area contributed by atoms with Crippen molar-refractivity contribution in [2.24, 2.45) is 0 Å². The molecule has 0 aliphatic carbocycles. The Labute approximate surface area is 109 Å². The van der Waals surface area contributed by atoms with Gasteiger partial charge in [-0.1, -0.05) is 37.3 Å². The number of rotatable bonds is 5. The summed E-state index contributed by atoms with van der Waals surface area (Å²) in [5.41, 5.74) is 1.33. The number of fused-ring (bicyclic) bond motifs is 1. The Balaban J connectivity index is 2.34. The summed E-state index contributed by atoms with van der Waals surface area (Å²) in [4.78, 5) is 0. The van der Waals surface area contributed by atoms with Crippen LogP contribution in [0.5, 0.6) is 5.75 Å². The summed E-state index contributed by atoms with van der Waals surface area (Å²) >= 11 is 0. The largest absolute Gasteiger partial charge is 0.496 e. The fourth-order valence-corrected chi connectivity index (χ4v) is 2.09. The molecular formula is C16H21NO. The van der Waals surface area contributed by atoms with Crippen LogP contribution in [0.25, 0.3) is 10.8 Å². The van der Waals surface area contributed by atoms with E-state index in [-0.39, 0.29) is 0 Å². The maximum absolute atomic E-state index is 5.41. The molecule has 0 bridgehead atoms. The van der Waals surface area contributed by atoms with Crippen molar-refractivity contribution in [3.63, 3.8) is 0 Å². The first kappa shape index (κ1) is 12.9. The summed E-state index contributed by atoms with van der Waals surface area (Å²) in [5.74, 6) is 0.942. The molecule has 0 aromatic heterocycles. The Morgan fingerprint density at radius 2 is 1.83 bits per heavy atom. The number of benzene rings is 2. The molecule has 1 N–H and O–H groups in total. The second-order valence-electron chi connectivity index (χ2n) is 4.66. The van der Waals surface area contributed by atoms with E-state index in [0.717, 1.165) is 18.7 Å². The summed E-state index contributed by atoms with van der Waals surface area (Å²) in [5, 5.41) is 5.99. The predicted octanol–water partition coefficient (Wildman–Crippen LogP) is 3.74. The van der Waals surface area contributed by atoms with Crippen LogP contribution in [0.2, 0.25) is 0 Å². The van der Waals surface area contributed by atoms with Crippen LogP contribution in [0.15, 0.2) is 36.4 Å². The van der Waals surface area contributed by atoms with Gasteiger partial charge in [0.1, 0.15) is 5.75 Å². The van der Waals surface area contributed by atoms with E-state index >= 15 is 0 Å². The number of hydrogen-bond acceptors (Lipinski definition) is 2. The minimum absolute atomic E-state index is 0.547. The lowest BCUT2D eigenvalue weighted by Crippen LogP contribution is -2.24. The van der Waals surface area contributed by atoms with Crippen LogP contribution in [0.3, 0.4) is 0 Å². The van der Waals surface area contributed by atoms with Gasteiger partial charge in [0.15, 0.2) is 0 Å². The Morgan fingerprint density at radius 3 is 2.50 bits per heavy atom. The molecule has 0 heterocycles. The lowest BCUT2D eigenvalue weighted by Gasteiger charge is -2.14. The summed E-state index contributed by atoms with van der Waals surface area (Å²) in [6, 6.07) is 13.1. The second kappa shape index (κ2) is 5.87. The fourth-order valence-electron chi connectivity index (χ4n) is 2.09. The molecule has 0 saturated carbocycles. The molecule has 0 aliphatic rings. The first-order valence-corrected chi connectivity index (χ1v) is 6.54. The SMILES string of the molecule is CCC(C)NCc1ccc(OC)c2ccccc12. The van der Waals surface area contributed by atoms with E-state index in [1.807, 2.05) is 0 Å². The highest BCUT2D eigenvalue weighted by Crippen LogP contribution is 2.28. The molecule has 0 fully saturated rings. The van der Waals surface area contributed by atoms with Crippen LogP contribution in [0.1, 0.15) is 25.8 Å². The van der Waals surface area contributed by atoms with Crippen molar-refractivity contribution in [1.82, 2.24) is 5.32 Å². The lowest BCUT2D eigenvalue weighted by atomic mass is 10.0. The van der Waals surface area contributed by atoms with Crippen LogP contribution >= 0.6 is 0 Å². The molecule has 0 radical (unpaired) electrons. The van der Waals surface area contributed by atoms with Crippen molar-refractivity contribution in [2.45, 2.75) is 32.9 Å². The molecule has 18 heavy (non-hydrogen) atoms. The van der Waals surface area contributed by atoms with Gasteiger partial charge >= 0.3 is 0 Å². The number of methoxy groups -OCH3 is 1. The molecule has 0 aliphatic heterocycles. The molecule has 2 aromatic rings. The van der Waals surface area contributed by atoms with E-state index < -0.39 is 0 Å². The van der Waals surface area contributed by atoms with Crippen molar-refractivity contribution >= 4 is 10.8 Å². The van der Waals surface area contributed by atoms with Crippen LogP contribution < -0.4 is 10.1 Å². The van der Waals surface area contributed by atoms with Crippen LogP contribution in [0, 0.1) is 0 Å². The molecule has 2 rings (SSSR count). The zero-order valence-corrected chi connectivity index (χ0v) is 11.4. The van der Waals surface area contributed by atoms with Gasteiger partial charge in [-0.15, -0.1) is 0 Å². The summed E-state index contributed by atoms with van der Waals surface area (Å²) in [6.07, 6.45) is 1.15. The van der Waals surface area contributed by atoms with E-state index in [1.165, 1.54) is 16.3 Å². The summed E-state index contributed by atoms with van der Waals surface area (Å²) in [6.45, 7) is 5.31. The minimum atomic E-state index is 0.547. The van der Waals surface area contributed by atoms with Crippen LogP contribution in [-0.2, 0) is 6.54 Å². The quantitative estimate of drug-likeness (QED) is 0.863. The minimum Gasteiger partial charge on any atom is -0.496 e. The molecule has 96 valence electrons. The van der Waals surface area contributed by atoms with Gasteiger partial charge in [-0.3, -0.25) is 0 Å². The third-order valence-corrected chi connectivity index (χ3v) is 3.45. The van der Waals surface area contributed by atoms with Crippen LogP contribution in [0.4, 0.5) is 0 Å². The molecule has 2 nitrogen and oxygen atoms in total. The number of hydrogen-bond donors (Lipinski definition) is 1. The first-order valence-electron chi connectivity index (χ1n) is 6.54. The van der Waals surface area contributed by atoms with Gasteiger partial charge in [0.25, 0.3) is 0 Å². The number of nitrogens with one attached hydrogen (secondary N) is 1. The van der Waals surface area contributed by atoms with E-state index in [4.69, 9.17) is 4.74 Å². The zero-order valence-electron chi connectivity index (χ0n) is 11.4. The number of ether oxygens (including phenoxy) is 1. The third kappa shape index (κ3) is 2.65. The van der Waals surface area contributed by atoms with Gasteiger partial charge in [-0.05, 0) is 30.4 Å². The molecular weight excluding hydrogens is 222 g/mol. The van der Waals surface area contributed by atoms with Gasteiger partial charge in [-0.25, -0.2) is 0 Å². The second-order valence-corrected chi connectivity index (χ2v) is 4.66. The van der Waals surface area contributed by atoms with E-state index in [1.54, 1.807) is 7.11 Å². The molecule has 0 spiro atoms. The summed E-state index contributed by atoms with van der Waals surface area (Å²) < 4.78 is 5.41. The van der Waals surface area contributed by atoms with Crippen molar-refractivity contribution in [1.29, 1.82) is 0 Å². The average Bonchev–Trinajstić information content (AvgIpc) is 2.44. The van der Waals surface area contributed by atoms with Crippen LogP contribution in [-0.4, -0.2) is 13.2 Å². The Hall–Kier alpha value is -1.54. The molecule has 2 aromatic carbocycles. The van der Waals surface area contributed by atoms with Gasteiger partial charge in [0.05, 0.1) is 7.11 Å². The van der Waals surface area contributed by atoms with Gasteiger partial charge in [-0.2, -0.15) is 0 Å². The third-order valence-electron chi connectivity index (χ3n) is 3.45. The standard InChI is InChI=1S/C16H21NO/c1-4-12(2)17-11-13-9-10-16(18-3)15-8-6-5-7-14(13)15/h5-10,12,17H,4,11H2,1-3H3. The monoisotopic (exact) mass is 243 g/mol. The Bertz CT molecular complexity index is 521. The Kier molecular flexibility index (Phi) is 4.21. The van der Waals surface area contributed by atoms with Crippen molar-refractivity contribution in [3.05, 3.63) is 42.0 Å². The Morgan fingerprint density at radius 1 is 1.11 bits per heavy atom. The predicted molar refractivity (Wildman–Crippen MR) is 77.1 cm³/mol. The van der Waals surface area contributed by atoms with Gasteiger partial charge in [0, 0.05) is 18.0 Å². The van der Waals surface area contributed by atoms with Crippen molar-refractivity contribution < 1.29 is 4.74 Å². The highest BCUT2D eigenvalue weighted by Gasteiger charge is 2.06. The zero-order chi connectivity index (χ0) is 13.0. The van der Waals surface area contributed by atoms with Crippen molar-refractivity contribution in [3.8, 4) is 5.75 Å². The molecule has 1 unspecified atom stereocenters. The fraction of sp³-hybridized carbons (Fsp3) is 0.375. The molecule has 0 amide bonds. The lowest BCUT2D eigenvalue weighted by molar-refractivity contribution is 0.419. The molecule has 1 atom stereocenters. The van der Waals surface area contributed by atoms with E-state index in [0.29, 0.717) is 6.04 Å². The smallest absolute Gasteiger partial charge is 0.126 e. The molecule has 2 heteroatoms.